The number of rotatable bonds is 7. The van der Waals surface area contributed by atoms with Gasteiger partial charge in [-0.1, -0.05) is 38.8 Å². The summed E-state index contributed by atoms with van der Waals surface area (Å²) in [6.45, 7) is 6.68. The van der Waals surface area contributed by atoms with E-state index in [9.17, 15) is 0 Å². The molecule has 20 heavy (non-hydrogen) atoms. The second kappa shape index (κ2) is 7.13. The van der Waals surface area contributed by atoms with Gasteiger partial charge in [0.2, 0.25) is 0 Å². The number of aromatic nitrogens is 1. The normalized spacial score (nSPS) is 10.9. The van der Waals surface area contributed by atoms with E-state index >= 15 is 0 Å². The minimum Gasteiger partial charge on any atom is -0.397 e. The van der Waals surface area contributed by atoms with E-state index in [0.717, 1.165) is 24.3 Å². The first-order valence-corrected chi connectivity index (χ1v) is 7.66. The molecule has 0 saturated carbocycles. The van der Waals surface area contributed by atoms with Gasteiger partial charge < -0.3 is 10.6 Å². The standard InChI is InChI=1S/C17H25N3/c1-3-5-12-20(13-6-4-2)16-10-11-19-17-14(16)8-7-9-15(17)18/h7-11H,3-6,12-13,18H2,1-2H3. The first kappa shape index (κ1) is 14.6. The van der Waals surface area contributed by atoms with E-state index < -0.39 is 0 Å². The Hall–Kier alpha value is -1.77. The number of anilines is 2. The highest BCUT2D eigenvalue weighted by atomic mass is 15.1. The van der Waals surface area contributed by atoms with Crippen LogP contribution in [0.3, 0.4) is 0 Å². The van der Waals surface area contributed by atoms with Gasteiger partial charge in [0.25, 0.3) is 0 Å². The molecule has 0 amide bonds. The number of pyridine rings is 1. The van der Waals surface area contributed by atoms with E-state index in [1.807, 2.05) is 18.3 Å². The van der Waals surface area contributed by atoms with Crippen molar-refractivity contribution >= 4 is 22.3 Å². The summed E-state index contributed by atoms with van der Waals surface area (Å²) >= 11 is 0. The molecule has 1 heterocycles. The second-order valence-electron chi connectivity index (χ2n) is 5.27. The molecule has 0 saturated heterocycles. The van der Waals surface area contributed by atoms with Gasteiger partial charge in [-0.05, 0) is 25.0 Å². The smallest absolute Gasteiger partial charge is 0.0951 e. The Kier molecular flexibility index (Phi) is 5.22. The fourth-order valence-electron chi connectivity index (χ4n) is 2.51. The predicted molar refractivity (Wildman–Crippen MR) is 88.2 cm³/mol. The first-order valence-electron chi connectivity index (χ1n) is 7.66. The van der Waals surface area contributed by atoms with Crippen LogP contribution in [0.4, 0.5) is 11.4 Å². The zero-order valence-electron chi connectivity index (χ0n) is 12.6. The van der Waals surface area contributed by atoms with E-state index in [1.54, 1.807) is 0 Å². The van der Waals surface area contributed by atoms with Crippen LogP contribution >= 0.6 is 0 Å². The monoisotopic (exact) mass is 271 g/mol. The largest absolute Gasteiger partial charge is 0.397 e. The van der Waals surface area contributed by atoms with E-state index in [0.29, 0.717) is 0 Å². The third kappa shape index (κ3) is 3.21. The molecule has 0 spiro atoms. The van der Waals surface area contributed by atoms with Crippen LogP contribution in [0.15, 0.2) is 30.5 Å². The Morgan fingerprint density at radius 1 is 1.05 bits per heavy atom. The summed E-state index contributed by atoms with van der Waals surface area (Å²) in [5, 5.41) is 1.17. The molecule has 3 heteroatoms. The van der Waals surface area contributed by atoms with Crippen molar-refractivity contribution in [3.05, 3.63) is 30.5 Å². The van der Waals surface area contributed by atoms with Gasteiger partial charge in [0, 0.05) is 30.4 Å². The molecule has 0 aliphatic heterocycles. The van der Waals surface area contributed by atoms with Crippen LogP contribution in [0.2, 0.25) is 0 Å². The molecular weight excluding hydrogens is 246 g/mol. The van der Waals surface area contributed by atoms with Gasteiger partial charge in [0.15, 0.2) is 0 Å². The van der Waals surface area contributed by atoms with Crippen molar-refractivity contribution in [3.63, 3.8) is 0 Å². The average Bonchev–Trinajstić information content (AvgIpc) is 2.48. The van der Waals surface area contributed by atoms with Crippen molar-refractivity contribution in [3.8, 4) is 0 Å². The van der Waals surface area contributed by atoms with Gasteiger partial charge in [0.1, 0.15) is 0 Å². The Morgan fingerprint density at radius 2 is 1.75 bits per heavy atom. The molecular formula is C17H25N3. The summed E-state index contributed by atoms with van der Waals surface area (Å²) in [7, 11) is 0. The second-order valence-corrected chi connectivity index (χ2v) is 5.27. The molecule has 2 N–H and O–H groups in total. The molecule has 2 aromatic rings. The summed E-state index contributed by atoms with van der Waals surface area (Å²) in [5.74, 6) is 0. The topological polar surface area (TPSA) is 42.2 Å². The summed E-state index contributed by atoms with van der Waals surface area (Å²) in [6, 6.07) is 8.17. The number of para-hydroxylation sites is 1. The van der Waals surface area contributed by atoms with Crippen molar-refractivity contribution in [2.45, 2.75) is 39.5 Å². The minimum atomic E-state index is 0.760. The Morgan fingerprint density at radius 3 is 2.40 bits per heavy atom. The Labute approximate surface area is 121 Å². The van der Waals surface area contributed by atoms with Crippen LogP contribution in [0, 0.1) is 0 Å². The van der Waals surface area contributed by atoms with Crippen LogP contribution < -0.4 is 10.6 Å². The van der Waals surface area contributed by atoms with E-state index in [4.69, 9.17) is 5.73 Å². The highest BCUT2D eigenvalue weighted by Crippen LogP contribution is 2.28. The summed E-state index contributed by atoms with van der Waals surface area (Å²) in [4.78, 5) is 6.92. The lowest BCUT2D eigenvalue weighted by Crippen LogP contribution is -2.25. The van der Waals surface area contributed by atoms with E-state index in [-0.39, 0.29) is 0 Å². The predicted octanol–water partition coefficient (Wildman–Crippen LogP) is 4.22. The van der Waals surface area contributed by atoms with Gasteiger partial charge >= 0.3 is 0 Å². The maximum absolute atomic E-state index is 6.04. The highest BCUT2D eigenvalue weighted by molar-refractivity contribution is 5.97. The van der Waals surface area contributed by atoms with Crippen molar-refractivity contribution in [2.75, 3.05) is 23.7 Å². The number of hydrogen-bond donors (Lipinski definition) is 1. The van der Waals surface area contributed by atoms with Gasteiger partial charge in [0.05, 0.1) is 11.2 Å². The maximum atomic E-state index is 6.04. The molecule has 1 aromatic carbocycles. The number of fused-ring (bicyclic) bond motifs is 1. The highest BCUT2D eigenvalue weighted by Gasteiger charge is 2.11. The van der Waals surface area contributed by atoms with Crippen molar-refractivity contribution in [1.82, 2.24) is 4.98 Å². The number of hydrogen-bond acceptors (Lipinski definition) is 3. The van der Waals surface area contributed by atoms with Crippen molar-refractivity contribution in [2.24, 2.45) is 0 Å². The number of benzene rings is 1. The zero-order chi connectivity index (χ0) is 14.4. The van der Waals surface area contributed by atoms with Crippen LogP contribution in [-0.2, 0) is 0 Å². The number of unbranched alkanes of at least 4 members (excludes halogenated alkanes) is 2. The number of nitrogens with two attached hydrogens (primary N) is 1. The summed E-state index contributed by atoms with van der Waals surface area (Å²) in [5.41, 5.74) is 8.99. The minimum absolute atomic E-state index is 0.760. The number of nitrogens with zero attached hydrogens (tertiary/aromatic N) is 2. The van der Waals surface area contributed by atoms with E-state index in [2.05, 4.69) is 35.9 Å². The molecule has 3 nitrogen and oxygen atoms in total. The van der Waals surface area contributed by atoms with E-state index in [1.165, 1.54) is 36.8 Å². The SMILES string of the molecule is CCCCN(CCCC)c1ccnc2c(N)cccc12. The van der Waals surface area contributed by atoms with Crippen molar-refractivity contribution < 1.29 is 0 Å². The van der Waals surface area contributed by atoms with Crippen LogP contribution in [-0.4, -0.2) is 18.1 Å². The first-order chi connectivity index (χ1) is 9.77. The number of nitrogen functional groups attached to an aromatic ring is 1. The molecule has 2 rings (SSSR count). The average molecular weight is 271 g/mol. The van der Waals surface area contributed by atoms with Crippen LogP contribution in [0.5, 0.6) is 0 Å². The fourth-order valence-corrected chi connectivity index (χ4v) is 2.51. The lowest BCUT2D eigenvalue weighted by atomic mass is 10.1. The molecule has 0 aliphatic rings. The third-order valence-electron chi connectivity index (χ3n) is 3.68. The molecule has 0 fully saturated rings. The molecule has 1 aromatic heterocycles. The van der Waals surface area contributed by atoms with Crippen LogP contribution in [0.25, 0.3) is 10.9 Å². The fraction of sp³-hybridized carbons (Fsp3) is 0.471. The molecule has 0 bridgehead atoms. The third-order valence-corrected chi connectivity index (χ3v) is 3.68. The van der Waals surface area contributed by atoms with Gasteiger partial charge in [-0.15, -0.1) is 0 Å². The summed E-state index contributed by atoms with van der Waals surface area (Å²) < 4.78 is 0. The zero-order valence-corrected chi connectivity index (χ0v) is 12.6. The van der Waals surface area contributed by atoms with Gasteiger partial charge in [-0.2, -0.15) is 0 Å². The van der Waals surface area contributed by atoms with Crippen LogP contribution in [0.1, 0.15) is 39.5 Å². The Balaban J connectivity index is 2.38. The van der Waals surface area contributed by atoms with Gasteiger partial charge in [-0.3, -0.25) is 4.98 Å². The maximum Gasteiger partial charge on any atom is 0.0951 e. The lowest BCUT2D eigenvalue weighted by molar-refractivity contribution is 0.679. The lowest BCUT2D eigenvalue weighted by Gasteiger charge is -2.26. The molecule has 108 valence electrons. The molecule has 0 radical (unpaired) electrons. The molecule has 0 unspecified atom stereocenters. The van der Waals surface area contributed by atoms with Gasteiger partial charge in [-0.25, -0.2) is 0 Å². The van der Waals surface area contributed by atoms with Crippen molar-refractivity contribution in [1.29, 1.82) is 0 Å². The quantitative estimate of drug-likeness (QED) is 0.766. The Bertz CT molecular complexity index is 543. The molecule has 0 atom stereocenters. The molecule has 0 aliphatic carbocycles. The summed E-state index contributed by atoms with van der Waals surface area (Å²) in [6.07, 6.45) is 6.74.